The van der Waals surface area contributed by atoms with Crippen LogP contribution in [0.1, 0.15) is 36.8 Å². The van der Waals surface area contributed by atoms with Crippen molar-refractivity contribution >= 4 is 35.5 Å². The number of benzene rings is 2. The minimum absolute atomic E-state index is 0.0462. The van der Waals surface area contributed by atoms with Crippen LogP contribution in [0.15, 0.2) is 54.6 Å². The van der Waals surface area contributed by atoms with E-state index in [0.29, 0.717) is 36.9 Å². The fourth-order valence-electron chi connectivity index (χ4n) is 4.63. The van der Waals surface area contributed by atoms with E-state index in [1.54, 1.807) is 31.4 Å². The van der Waals surface area contributed by atoms with Crippen LogP contribution in [0.4, 0.5) is 10.5 Å². The van der Waals surface area contributed by atoms with Gasteiger partial charge in [-0.1, -0.05) is 42.5 Å². The molecule has 2 aromatic carbocycles. The standard InChI is InChI=1S/C29H35N3O9/c1-40-23-13-9-21(10-14-23)27(36)32(17-26(34)35)16-25(33)31-24(28(37)38)15-19-7-11-22(12-8-19)30-29(39)41-18-20-5-3-2-4-6-20/h2-8,11-12,21,23-24H,9-10,13-18H2,1H3,(H,30,39)(H,31,33)(H,34,35)(H,37,38)/t21?,23?,24-/m1/s1. The summed E-state index contributed by atoms with van der Waals surface area (Å²) in [4.78, 5) is 62.0. The highest BCUT2D eigenvalue weighted by molar-refractivity contribution is 5.90. The minimum atomic E-state index is -1.32. The van der Waals surface area contributed by atoms with E-state index in [1.165, 1.54) is 0 Å². The van der Waals surface area contributed by atoms with Gasteiger partial charge in [0, 0.05) is 25.1 Å². The van der Waals surface area contributed by atoms with Gasteiger partial charge in [0.15, 0.2) is 0 Å². The normalized spacial score (nSPS) is 17.1. The second-order valence-electron chi connectivity index (χ2n) is 9.84. The molecule has 1 aliphatic rings. The van der Waals surface area contributed by atoms with Gasteiger partial charge in [0.05, 0.1) is 6.10 Å². The molecular formula is C29H35N3O9. The maximum atomic E-state index is 13.0. The van der Waals surface area contributed by atoms with Gasteiger partial charge in [-0.25, -0.2) is 9.59 Å². The third-order valence-corrected chi connectivity index (χ3v) is 6.82. The van der Waals surface area contributed by atoms with Gasteiger partial charge < -0.3 is 29.9 Å². The molecule has 220 valence electrons. The Morgan fingerprint density at radius 2 is 1.56 bits per heavy atom. The molecular weight excluding hydrogens is 534 g/mol. The molecule has 3 amide bonds. The number of nitrogens with zero attached hydrogens (tertiary/aromatic N) is 1. The van der Waals surface area contributed by atoms with Crippen LogP contribution in [0.2, 0.25) is 0 Å². The SMILES string of the molecule is COC1CCC(C(=O)N(CC(=O)O)CC(=O)N[C@H](Cc2ccc(NC(=O)OCc3ccccc3)cc2)C(=O)O)CC1. The number of carboxylic acids is 2. The third kappa shape index (κ3) is 10.2. The summed E-state index contributed by atoms with van der Waals surface area (Å²) in [7, 11) is 1.60. The third-order valence-electron chi connectivity index (χ3n) is 6.82. The van der Waals surface area contributed by atoms with Crippen molar-refractivity contribution < 1.29 is 43.7 Å². The van der Waals surface area contributed by atoms with E-state index in [4.69, 9.17) is 9.47 Å². The van der Waals surface area contributed by atoms with Gasteiger partial charge in [0.2, 0.25) is 11.8 Å². The summed E-state index contributed by atoms with van der Waals surface area (Å²) in [5.74, 6) is -4.22. The molecule has 3 rings (SSSR count). The van der Waals surface area contributed by atoms with Crippen LogP contribution in [0.3, 0.4) is 0 Å². The van der Waals surface area contributed by atoms with Crippen molar-refractivity contribution in [2.75, 3.05) is 25.5 Å². The van der Waals surface area contributed by atoms with Gasteiger partial charge in [-0.05, 0) is 48.9 Å². The van der Waals surface area contributed by atoms with Gasteiger partial charge in [0.25, 0.3) is 0 Å². The lowest BCUT2D eigenvalue weighted by Crippen LogP contribution is -2.50. The van der Waals surface area contributed by atoms with E-state index in [9.17, 15) is 34.2 Å². The molecule has 1 fully saturated rings. The maximum Gasteiger partial charge on any atom is 0.411 e. The van der Waals surface area contributed by atoms with E-state index in [2.05, 4.69) is 10.6 Å². The Morgan fingerprint density at radius 1 is 0.902 bits per heavy atom. The molecule has 1 atom stereocenters. The number of rotatable bonds is 13. The Hall–Kier alpha value is -4.45. The Morgan fingerprint density at radius 3 is 2.15 bits per heavy atom. The number of amides is 3. The van der Waals surface area contributed by atoms with Crippen molar-refractivity contribution in [3.8, 4) is 0 Å². The first-order valence-electron chi connectivity index (χ1n) is 13.3. The van der Waals surface area contributed by atoms with E-state index >= 15 is 0 Å². The van der Waals surface area contributed by atoms with E-state index < -0.39 is 54.9 Å². The van der Waals surface area contributed by atoms with Crippen LogP contribution < -0.4 is 10.6 Å². The van der Waals surface area contributed by atoms with Crippen molar-refractivity contribution in [1.29, 1.82) is 0 Å². The molecule has 0 aliphatic heterocycles. The fourth-order valence-corrected chi connectivity index (χ4v) is 4.63. The molecule has 0 saturated heterocycles. The molecule has 1 saturated carbocycles. The molecule has 0 bridgehead atoms. The summed E-state index contributed by atoms with van der Waals surface area (Å²) in [5, 5.41) is 23.9. The van der Waals surface area contributed by atoms with Crippen LogP contribution in [0.5, 0.6) is 0 Å². The Balaban J connectivity index is 1.53. The first kappa shape index (κ1) is 31.1. The zero-order valence-corrected chi connectivity index (χ0v) is 22.8. The molecule has 0 unspecified atom stereocenters. The average Bonchev–Trinajstić information content (AvgIpc) is 2.96. The lowest BCUT2D eigenvalue weighted by molar-refractivity contribution is -0.149. The number of nitrogens with one attached hydrogen (secondary N) is 2. The Bertz CT molecular complexity index is 1200. The average molecular weight is 570 g/mol. The van der Waals surface area contributed by atoms with Crippen molar-refractivity contribution in [2.45, 2.75) is 50.9 Å². The number of hydrogen-bond acceptors (Lipinski definition) is 7. The van der Waals surface area contributed by atoms with Gasteiger partial charge in [-0.2, -0.15) is 0 Å². The predicted molar refractivity (Wildman–Crippen MR) is 147 cm³/mol. The maximum absolute atomic E-state index is 13.0. The van der Waals surface area contributed by atoms with Crippen LogP contribution in [-0.2, 0) is 41.7 Å². The van der Waals surface area contributed by atoms with Crippen molar-refractivity contribution in [2.24, 2.45) is 5.92 Å². The zero-order chi connectivity index (χ0) is 29.8. The summed E-state index contributed by atoms with van der Waals surface area (Å²) in [6.45, 7) is -1.14. The first-order valence-corrected chi connectivity index (χ1v) is 13.3. The second-order valence-corrected chi connectivity index (χ2v) is 9.84. The number of aliphatic carboxylic acids is 2. The van der Waals surface area contributed by atoms with Crippen LogP contribution in [0.25, 0.3) is 0 Å². The fraction of sp³-hybridized carbons (Fsp3) is 0.414. The summed E-state index contributed by atoms with van der Waals surface area (Å²) >= 11 is 0. The van der Waals surface area contributed by atoms with E-state index in [-0.39, 0.29) is 19.1 Å². The number of ether oxygens (including phenoxy) is 2. The summed E-state index contributed by atoms with van der Waals surface area (Å²) < 4.78 is 10.5. The lowest BCUT2D eigenvalue weighted by Gasteiger charge is -2.31. The monoisotopic (exact) mass is 569 g/mol. The van der Waals surface area contributed by atoms with Gasteiger partial charge >= 0.3 is 18.0 Å². The van der Waals surface area contributed by atoms with Crippen LogP contribution >= 0.6 is 0 Å². The molecule has 41 heavy (non-hydrogen) atoms. The molecule has 1 aliphatic carbocycles. The van der Waals surface area contributed by atoms with E-state index in [0.717, 1.165) is 10.5 Å². The van der Waals surface area contributed by atoms with Crippen molar-refractivity contribution in [3.05, 3.63) is 65.7 Å². The van der Waals surface area contributed by atoms with Gasteiger partial charge in [-0.15, -0.1) is 0 Å². The predicted octanol–water partition coefficient (Wildman–Crippen LogP) is 2.67. The molecule has 4 N–H and O–H groups in total. The first-order chi connectivity index (χ1) is 19.6. The largest absolute Gasteiger partial charge is 0.480 e. The number of carbonyl (C=O) groups excluding carboxylic acids is 3. The molecule has 12 nitrogen and oxygen atoms in total. The molecule has 0 heterocycles. The summed E-state index contributed by atoms with van der Waals surface area (Å²) in [6.07, 6.45) is 1.67. The van der Waals surface area contributed by atoms with Crippen LogP contribution in [-0.4, -0.2) is 77.3 Å². The van der Waals surface area contributed by atoms with Crippen molar-refractivity contribution in [3.63, 3.8) is 0 Å². The summed E-state index contributed by atoms with van der Waals surface area (Å²) in [6, 6.07) is 14.2. The number of carboxylic acid groups (broad SMARTS) is 2. The molecule has 12 heteroatoms. The number of anilines is 1. The highest BCUT2D eigenvalue weighted by Gasteiger charge is 2.32. The number of hydrogen-bond donors (Lipinski definition) is 4. The zero-order valence-electron chi connectivity index (χ0n) is 22.8. The van der Waals surface area contributed by atoms with Crippen molar-refractivity contribution in [1.82, 2.24) is 10.2 Å². The Kier molecular flexibility index (Phi) is 11.6. The smallest absolute Gasteiger partial charge is 0.411 e. The minimum Gasteiger partial charge on any atom is -0.480 e. The van der Waals surface area contributed by atoms with Gasteiger partial charge in [-0.3, -0.25) is 19.7 Å². The Labute approximate surface area is 237 Å². The number of methoxy groups -OCH3 is 1. The molecule has 0 aromatic heterocycles. The highest BCUT2D eigenvalue weighted by atomic mass is 16.5. The quantitative estimate of drug-likeness (QED) is 0.283. The molecule has 0 radical (unpaired) electrons. The molecule has 0 spiro atoms. The van der Waals surface area contributed by atoms with E-state index in [1.807, 2.05) is 30.3 Å². The molecule has 2 aromatic rings. The second kappa shape index (κ2) is 15.4. The lowest BCUT2D eigenvalue weighted by atomic mass is 9.86. The highest BCUT2D eigenvalue weighted by Crippen LogP contribution is 2.27. The summed E-state index contributed by atoms with van der Waals surface area (Å²) in [5.41, 5.74) is 1.84. The number of carbonyl (C=O) groups is 5. The van der Waals surface area contributed by atoms with Gasteiger partial charge in [0.1, 0.15) is 25.7 Å². The van der Waals surface area contributed by atoms with Crippen LogP contribution in [0, 0.1) is 5.92 Å². The topological polar surface area (TPSA) is 172 Å².